The summed E-state index contributed by atoms with van der Waals surface area (Å²) >= 11 is 3.28. The maximum Gasteiger partial charge on any atom is 0.261 e. The van der Waals surface area contributed by atoms with Gasteiger partial charge in [0.25, 0.3) is 5.89 Å². The summed E-state index contributed by atoms with van der Waals surface area (Å²) in [5, 5.41) is 4.42. The lowest BCUT2D eigenvalue weighted by Gasteiger charge is -1.91. The second-order valence-electron chi connectivity index (χ2n) is 3.36. The van der Waals surface area contributed by atoms with E-state index in [1.165, 1.54) is 0 Å². The third-order valence-electron chi connectivity index (χ3n) is 2.36. The first-order valence-electron chi connectivity index (χ1n) is 4.59. The topological polar surface area (TPSA) is 52.1 Å². The largest absolute Gasteiger partial charge is 0.466 e. The molecule has 0 aliphatic carbocycles. The van der Waals surface area contributed by atoms with Crippen LogP contribution in [0.4, 0.5) is 0 Å². The molecule has 4 nitrogen and oxygen atoms in total. The fourth-order valence-electron chi connectivity index (χ4n) is 1.52. The molecule has 0 N–H and O–H groups in total. The summed E-state index contributed by atoms with van der Waals surface area (Å²) in [6.07, 6.45) is 0. The van der Waals surface area contributed by atoms with Crippen molar-refractivity contribution in [3.05, 3.63) is 22.9 Å². The minimum absolute atomic E-state index is 0.524. The highest BCUT2D eigenvalue weighted by atomic mass is 79.9. The van der Waals surface area contributed by atoms with Gasteiger partial charge in [0.2, 0.25) is 0 Å². The molecule has 0 amide bonds. The molecule has 0 aromatic carbocycles. The Morgan fingerprint density at radius 2 is 1.93 bits per heavy atom. The first-order valence-corrected chi connectivity index (χ1v) is 5.71. The molecular weight excluding hydrogens is 260 g/mol. The maximum absolute atomic E-state index is 5.50. The van der Waals surface area contributed by atoms with Crippen LogP contribution in [0, 0.1) is 20.8 Å². The van der Waals surface area contributed by atoms with Crippen molar-refractivity contribution in [2.45, 2.75) is 26.1 Å². The highest BCUT2D eigenvalue weighted by molar-refractivity contribution is 9.08. The van der Waals surface area contributed by atoms with Crippen LogP contribution in [0.15, 0.2) is 8.94 Å². The molecule has 80 valence electrons. The van der Waals surface area contributed by atoms with Crippen LogP contribution in [0.1, 0.15) is 22.9 Å². The number of aryl methyl sites for hydroxylation is 2. The van der Waals surface area contributed by atoms with Crippen LogP contribution in [0.3, 0.4) is 0 Å². The fraction of sp³-hybridized carbons (Fsp3) is 0.400. The van der Waals surface area contributed by atoms with E-state index in [-0.39, 0.29) is 0 Å². The van der Waals surface area contributed by atoms with Gasteiger partial charge in [-0.15, -0.1) is 0 Å². The van der Waals surface area contributed by atoms with Gasteiger partial charge in [-0.3, -0.25) is 0 Å². The molecule has 2 rings (SSSR count). The fourth-order valence-corrected chi connectivity index (χ4v) is 1.75. The van der Waals surface area contributed by atoms with Gasteiger partial charge in [0, 0.05) is 5.56 Å². The third kappa shape index (κ3) is 1.71. The minimum atomic E-state index is 0.524. The normalized spacial score (nSPS) is 10.9. The molecule has 0 fully saturated rings. The van der Waals surface area contributed by atoms with Crippen molar-refractivity contribution in [1.82, 2.24) is 10.1 Å². The predicted octanol–water partition coefficient (Wildman–Crippen LogP) is 3.15. The highest BCUT2D eigenvalue weighted by Gasteiger charge is 2.18. The molecule has 0 saturated carbocycles. The Balaban J connectivity index is 2.53. The first kappa shape index (κ1) is 10.4. The molecule has 0 unspecified atom stereocenters. The van der Waals surface area contributed by atoms with Crippen LogP contribution in [0.25, 0.3) is 11.5 Å². The Kier molecular flexibility index (Phi) is 2.65. The van der Waals surface area contributed by atoms with Crippen molar-refractivity contribution in [2.24, 2.45) is 0 Å². The van der Waals surface area contributed by atoms with Gasteiger partial charge in [0.1, 0.15) is 11.5 Å². The maximum atomic E-state index is 5.50. The lowest BCUT2D eigenvalue weighted by atomic mass is 10.1. The molecule has 0 aliphatic heterocycles. The van der Waals surface area contributed by atoms with Crippen LogP contribution in [-0.2, 0) is 5.33 Å². The zero-order valence-corrected chi connectivity index (χ0v) is 10.4. The SMILES string of the molecule is Cc1oc(C)c(-c2nc(CBr)no2)c1C. The van der Waals surface area contributed by atoms with Crippen molar-refractivity contribution in [1.29, 1.82) is 0 Å². The van der Waals surface area contributed by atoms with E-state index in [1.807, 2.05) is 20.8 Å². The smallest absolute Gasteiger partial charge is 0.261 e. The molecule has 0 spiro atoms. The van der Waals surface area contributed by atoms with Crippen molar-refractivity contribution in [2.75, 3.05) is 0 Å². The van der Waals surface area contributed by atoms with Gasteiger partial charge in [-0.1, -0.05) is 21.1 Å². The molecule has 5 heteroatoms. The van der Waals surface area contributed by atoms with Gasteiger partial charge >= 0.3 is 0 Å². The summed E-state index contributed by atoms with van der Waals surface area (Å²) in [7, 11) is 0. The van der Waals surface area contributed by atoms with E-state index in [9.17, 15) is 0 Å². The quantitative estimate of drug-likeness (QED) is 0.787. The highest BCUT2D eigenvalue weighted by Crippen LogP contribution is 2.30. The molecule has 2 aromatic heterocycles. The van der Waals surface area contributed by atoms with Crippen molar-refractivity contribution >= 4 is 15.9 Å². The Labute approximate surface area is 95.8 Å². The van der Waals surface area contributed by atoms with Crippen molar-refractivity contribution in [3.63, 3.8) is 0 Å². The Bertz CT molecular complexity index is 488. The van der Waals surface area contributed by atoms with Gasteiger partial charge in [0.15, 0.2) is 5.82 Å². The van der Waals surface area contributed by atoms with Gasteiger partial charge in [-0.2, -0.15) is 4.98 Å². The minimum Gasteiger partial charge on any atom is -0.466 e. The number of hydrogen-bond donors (Lipinski definition) is 0. The molecule has 0 aliphatic rings. The van der Waals surface area contributed by atoms with Crippen LogP contribution in [0.2, 0.25) is 0 Å². The zero-order chi connectivity index (χ0) is 11.0. The molecular formula is C10H11BrN2O2. The summed E-state index contributed by atoms with van der Waals surface area (Å²) in [4.78, 5) is 4.25. The predicted molar refractivity (Wildman–Crippen MR) is 58.8 cm³/mol. The third-order valence-corrected chi connectivity index (χ3v) is 2.86. The lowest BCUT2D eigenvalue weighted by molar-refractivity contribution is 0.423. The second-order valence-corrected chi connectivity index (χ2v) is 3.92. The number of aromatic nitrogens is 2. The molecule has 15 heavy (non-hydrogen) atoms. The molecule has 0 atom stereocenters. The lowest BCUT2D eigenvalue weighted by Crippen LogP contribution is -1.83. The summed E-state index contributed by atoms with van der Waals surface area (Å²) < 4.78 is 10.7. The molecule has 2 heterocycles. The van der Waals surface area contributed by atoms with Gasteiger partial charge in [-0.25, -0.2) is 0 Å². The van der Waals surface area contributed by atoms with Crippen molar-refractivity contribution in [3.8, 4) is 11.5 Å². The van der Waals surface area contributed by atoms with Gasteiger partial charge in [-0.05, 0) is 20.8 Å². The number of furan rings is 1. The molecule has 2 aromatic rings. The van der Waals surface area contributed by atoms with E-state index < -0.39 is 0 Å². The van der Waals surface area contributed by atoms with E-state index in [1.54, 1.807) is 0 Å². The summed E-state index contributed by atoms with van der Waals surface area (Å²) in [6, 6.07) is 0. The number of alkyl halides is 1. The van der Waals surface area contributed by atoms with Crippen LogP contribution in [0.5, 0.6) is 0 Å². The van der Waals surface area contributed by atoms with E-state index in [2.05, 4.69) is 26.1 Å². The number of hydrogen-bond acceptors (Lipinski definition) is 4. The van der Waals surface area contributed by atoms with E-state index in [4.69, 9.17) is 8.94 Å². The van der Waals surface area contributed by atoms with E-state index >= 15 is 0 Å². The van der Waals surface area contributed by atoms with E-state index in [0.29, 0.717) is 17.0 Å². The number of nitrogens with zero attached hydrogens (tertiary/aromatic N) is 2. The monoisotopic (exact) mass is 270 g/mol. The Morgan fingerprint density at radius 3 is 2.40 bits per heavy atom. The molecule has 0 saturated heterocycles. The standard InChI is InChI=1S/C10H11BrN2O2/c1-5-6(2)14-7(3)9(5)10-12-8(4-11)13-15-10/h4H2,1-3H3. The molecule has 0 bridgehead atoms. The van der Waals surface area contributed by atoms with Crippen LogP contribution < -0.4 is 0 Å². The average molecular weight is 271 g/mol. The Hall–Kier alpha value is -1.10. The number of halogens is 1. The average Bonchev–Trinajstić information content (AvgIpc) is 2.74. The molecule has 0 radical (unpaired) electrons. The summed E-state index contributed by atoms with van der Waals surface area (Å²) in [5.74, 6) is 2.87. The van der Waals surface area contributed by atoms with E-state index in [0.717, 1.165) is 22.6 Å². The number of rotatable bonds is 2. The van der Waals surface area contributed by atoms with Gasteiger partial charge < -0.3 is 8.94 Å². The van der Waals surface area contributed by atoms with Crippen LogP contribution in [-0.4, -0.2) is 10.1 Å². The summed E-state index contributed by atoms with van der Waals surface area (Å²) in [5.41, 5.74) is 1.96. The zero-order valence-electron chi connectivity index (χ0n) is 8.80. The first-order chi connectivity index (χ1) is 7.13. The van der Waals surface area contributed by atoms with Crippen LogP contribution >= 0.6 is 15.9 Å². The second kappa shape index (κ2) is 3.81. The van der Waals surface area contributed by atoms with Crippen molar-refractivity contribution < 1.29 is 8.94 Å². The van der Waals surface area contributed by atoms with Gasteiger partial charge in [0.05, 0.1) is 10.9 Å². The summed E-state index contributed by atoms with van der Waals surface area (Å²) in [6.45, 7) is 5.81. The Morgan fingerprint density at radius 1 is 1.20 bits per heavy atom.